The Labute approximate surface area is 109 Å². The van der Waals surface area contributed by atoms with E-state index in [1.54, 1.807) is 24.5 Å². The highest BCUT2D eigenvalue weighted by molar-refractivity contribution is 6.04. The van der Waals surface area contributed by atoms with Crippen molar-refractivity contribution in [2.75, 3.05) is 0 Å². The Bertz CT molecular complexity index is 760. The SMILES string of the molecule is Cn1cc(C=O)c2c(-c3ccc(F)cc3)ccnc21. The molecule has 94 valence electrons. The first-order valence-corrected chi connectivity index (χ1v) is 5.86. The van der Waals surface area contributed by atoms with Gasteiger partial charge in [-0.1, -0.05) is 12.1 Å². The van der Waals surface area contributed by atoms with Crippen LogP contribution in [-0.4, -0.2) is 15.8 Å². The lowest BCUT2D eigenvalue weighted by atomic mass is 10.0. The largest absolute Gasteiger partial charge is 0.335 e. The molecule has 0 bridgehead atoms. The predicted molar refractivity (Wildman–Crippen MR) is 71.5 cm³/mol. The number of carbonyl (C=O) groups is 1. The van der Waals surface area contributed by atoms with Gasteiger partial charge in [-0.3, -0.25) is 4.79 Å². The van der Waals surface area contributed by atoms with Crippen molar-refractivity contribution < 1.29 is 9.18 Å². The van der Waals surface area contributed by atoms with Crippen molar-refractivity contribution in [3.05, 3.63) is 54.1 Å². The summed E-state index contributed by atoms with van der Waals surface area (Å²) >= 11 is 0. The molecule has 0 amide bonds. The van der Waals surface area contributed by atoms with Gasteiger partial charge in [-0.05, 0) is 29.3 Å². The standard InChI is InChI=1S/C15H11FN2O/c1-18-8-11(9-19)14-13(6-7-17-15(14)18)10-2-4-12(16)5-3-10/h2-9H,1H3. The first kappa shape index (κ1) is 11.6. The summed E-state index contributed by atoms with van der Waals surface area (Å²) in [6.45, 7) is 0. The summed E-state index contributed by atoms with van der Waals surface area (Å²) in [4.78, 5) is 15.5. The van der Waals surface area contributed by atoms with Gasteiger partial charge < -0.3 is 4.57 Å². The number of pyridine rings is 1. The van der Waals surface area contributed by atoms with Gasteiger partial charge in [0, 0.05) is 30.4 Å². The monoisotopic (exact) mass is 254 g/mol. The van der Waals surface area contributed by atoms with E-state index in [0.717, 1.165) is 28.4 Å². The minimum atomic E-state index is -0.280. The number of hydrogen-bond acceptors (Lipinski definition) is 2. The minimum absolute atomic E-state index is 0.280. The molecule has 3 nitrogen and oxygen atoms in total. The van der Waals surface area contributed by atoms with Crippen LogP contribution in [0.4, 0.5) is 4.39 Å². The van der Waals surface area contributed by atoms with E-state index < -0.39 is 0 Å². The second kappa shape index (κ2) is 4.31. The average Bonchev–Trinajstić information content (AvgIpc) is 2.77. The van der Waals surface area contributed by atoms with E-state index >= 15 is 0 Å². The van der Waals surface area contributed by atoms with Crippen molar-refractivity contribution in [3.8, 4) is 11.1 Å². The Kier molecular flexibility index (Phi) is 2.63. The molecule has 0 unspecified atom stereocenters. The molecule has 0 N–H and O–H groups in total. The van der Waals surface area contributed by atoms with E-state index in [9.17, 15) is 9.18 Å². The second-order valence-corrected chi connectivity index (χ2v) is 4.38. The molecule has 3 rings (SSSR count). The highest BCUT2D eigenvalue weighted by Gasteiger charge is 2.12. The Morgan fingerprint density at radius 2 is 1.95 bits per heavy atom. The maximum absolute atomic E-state index is 13.0. The number of rotatable bonds is 2. The fraction of sp³-hybridized carbons (Fsp3) is 0.0667. The van der Waals surface area contributed by atoms with Gasteiger partial charge in [-0.2, -0.15) is 0 Å². The highest BCUT2D eigenvalue weighted by Crippen LogP contribution is 2.30. The van der Waals surface area contributed by atoms with E-state index in [1.165, 1.54) is 12.1 Å². The number of nitrogens with zero attached hydrogens (tertiary/aromatic N) is 2. The van der Waals surface area contributed by atoms with Crippen LogP contribution in [-0.2, 0) is 7.05 Å². The van der Waals surface area contributed by atoms with Gasteiger partial charge in [0.2, 0.25) is 0 Å². The van der Waals surface area contributed by atoms with Crippen molar-refractivity contribution in [2.24, 2.45) is 7.05 Å². The number of benzene rings is 1. The molecule has 0 spiro atoms. The number of hydrogen-bond donors (Lipinski definition) is 0. The van der Waals surface area contributed by atoms with Crippen LogP contribution in [0.1, 0.15) is 10.4 Å². The fourth-order valence-electron chi connectivity index (χ4n) is 2.30. The van der Waals surface area contributed by atoms with Gasteiger partial charge in [0.1, 0.15) is 11.5 Å². The third-order valence-corrected chi connectivity index (χ3v) is 3.17. The lowest BCUT2D eigenvalue weighted by Gasteiger charge is -2.04. The Morgan fingerprint density at radius 3 is 2.63 bits per heavy atom. The highest BCUT2D eigenvalue weighted by atomic mass is 19.1. The average molecular weight is 254 g/mol. The van der Waals surface area contributed by atoms with Crippen LogP contribution in [0.3, 0.4) is 0 Å². The number of aldehydes is 1. The van der Waals surface area contributed by atoms with Crippen LogP contribution in [0.5, 0.6) is 0 Å². The van der Waals surface area contributed by atoms with Crippen molar-refractivity contribution in [2.45, 2.75) is 0 Å². The van der Waals surface area contributed by atoms with Gasteiger partial charge in [-0.15, -0.1) is 0 Å². The van der Waals surface area contributed by atoms with E-state index in [1.807, 2.05) is 17.7 Å². The topological polar surface area (TPSA) is 34.9 Å². The molecule has 0 saturated carbocycles. The maximum Gasteiger partial charge on any atom is 0.152 e. The molecule has 0 fully saturated rings. The molecule has 2 heterocycles. The van der Waals surface area contributed by atoms with Crippen molar-refractivity contribution in [1.29, 1.82) is 0 Å². The van der Waals surface area contributed by atoms with Gasteiger partial charge in [0.25, 0.3) is 0 Å². The van der Waals surface area contributed by atoms with Gasteiger partial charge in [0.05, 0.1) is 0 Å². The second-order valence-electron chi connectivity index (χ2n) is 4.38. The quantitative estimate of drug-likeness (QED) is 0.658. The van der Waals surface area contributed by atoms with Crippen LogP contribution in [0, 0.1) is 5.82 Å². The zero-order valence-electron chi connectivity index (χ0n) is 10.3. The first-order chi connectivity index (χ1) is 9.20. The fourth-order valence-corrected chi connectivity index (χ4v) is 2.30. The molecule has 0 aliphatic rings. The lowest BCUT2D eigenvalue weighted by Crippen LogP contribution is -1.88. The molecule has 0 radical (unpaired) electrons. The number of fused-ring (bicyclic) bond motifs is 1. The van der Waals surface area contributed by atoms with Gasteiger partial charge in [-0.25, -0.2) is 9.37 Å². The van der Waals surface area contributed by atoms with Crippen LogP contribution in [0.25, 0.3) is 22.2 Å². The Hall–Kier alpha value is -2.49. The smallest absolute Gasteiger partial charge is 0.152 e. The van der Waals surface area contributed by atoms with Crippen molar-refractivity contribution in [1.82, 2.24) is 9.55 Å². The van der Waals surface area contributed by atoms with E-state index in [4.69, 9.17) is 0 Å². The molecular formula is C15H11FN2O. The molecule has 0 aliphatic heterocycles. The summed E-state index contributed by atoms with van der Waals surface area (Å²) in [5.74, 6) is -0.280. The van der Waals surface area contributed by atoms with Crippen LogP contribution >= 0.6 is 0 Å². The Balaban J connectivity index is 2.34. The lowest BCUT2D eigenvalue weighted by molar-refractivity contribution is 0.112. The van der Waals surface area contributed by atoms with Crippen molar-refractivity contribution in [3.63, 3.8) is 0 Å². The normalized spacial score (nSPS) is 10.8. The summed E-state index contributed by atoms with van der Waals surface area (Å²) in [6.07, 6.45) is 4.25. The summed E-state index contributed by atoms with van der Waals surface area (Å²) in [7, 11) is 1.84. The third kappa shape index (κ3) is 1.81. The minimum Gasteiger partial charge on any atom is -0.335 e. The zero-order chi connectivity index (χ0) is 13.4. The van der Waals surface area contributed by atoms with Crippen molar-refractivity contribution >= 4 is 17.3 Å². The van der Waals surface area contributed by atoms with Gasteiger partial charge >= 0.3 is 0 Å². The number of aryl methyl sites for hydroxylation is 1. The summed E-state index contributed by atoms with van der Waals surface area (Å²) < 4.78 is 14.8. The Morgan fingerprint density at radius 1 is 1.21 bits per heavy atom. The first-order valence-electron chi connectivity index (χ1n) is 5.86. The molecule has 2 aromatic heterocycles. The molecule has 0 atom stereocenters. The van der Waals surface area contributed by atoms with E-state index in [-0.39, 0.29) is 5.82 Å². The molecule has 4 heteroatoms. The molecule has 0 aliphatic carbocycles. The molecule has 1 aromatic carbocycles. The molecule has 3 aromatic rings. The van der Waals surface area contributed by atoms with Gasteiger partial charge in [0.15, 0.2) is 6.29 Å². The maximum atomic E-state index is 13.0. The van der Waals surface area contributed by atoms with Crippen LogP contribution in [0.15, 0.2) is 42.7 Å². The summed E-state index contributed by atoms with van der Waals surface area (Å²) in [6, 6.07) is 8.05. The van der Waals surface area contributed by atoms with Crippen LogP contribution in [0.2, 0.25) is 0 Å². The number of halogens is 1. The molecule has 0 saturated heterocycles. The predicted octanol–water partition coefficient (Wildman–Crippen LogP) is 3.19. The summed E-state index contributed by atoms with van der Waals surface area (Å²) in [5, 5.41) is 0.798. The number of carbonyl (C=O) groups excluding carboxylic acids is 1. The van der Waals surface area contributed by atoms with Crippen LogP contribution < -0.4 is 0 Å². The van der Waals surface area contributed by atoms with E-state index in [0.29, 0.717) is 5.56 Å². The third-order valence-electron chi connectivity index (χ3n) is 3.17. The van der Waals surface area contributed by atoms with E-state index in [2.05, 4.69) is 4.98 Å². The summed E-state index contributed by atoms with van der Waals surface area (Å²) in [5.41, 5.74) is 3.07. The molecule has 19 heavy (non-hydrogen) atoms. The number of aromatic nitrogens is 2. The molecular weight excluding hydrogens is 243 g/mol. The zero-order valence-corrected chi connectivity index (χ0v) is 10.3.